The first-order valence-corrected chi connectivity index (χ1v) is 9.60. The second kappa shape index (κ2) is 8.02. The van der Waals surface area contributed by atoms with Crippen LogP contribution in [-0.2, 0) is 11.3 Å². The van der Waals surface area contributed by atoms with Crippen LogP contribution in [0.15, 0.2) is 53.1 Å². The molecule has 1 amide bonds. The fourth-order valence-corrected chi connectivity index (χ4v) is 3.60. The predicted molar refractivity (Wildman–Crippen MR) is 105 cm³/mol. The highest BCUT2D eigenvalue weighted by molar-refractivity contribution is 6.30. The maximum Gasteiger partial charge on any atom is 0.261 e. The van der Waals surface area contributed by atoms with Crippen molar-refractivity contribution in [3.8, 4) is 17.2 Å². The largest absolute Gasteiger partial charge is 0.493 e. The van der Waals surface area contributed by atoms with Crippen LogP contribution in [0.3, 0.4) is 0 Å². The standard InChI is InChI=1S/C21H20ClN3O3/c1-2-27-18-9-4-3-8-17(18)21-23-20(24-28-21)15-11-19(26)25(13-15)12-14-6-5-7-16(22)10-14/h3-10,15H,2,11-13H2,1H3. The van der Waals surface area contributed by atoms with Gasteiger partial charge in [0, 0.05) is 30.5 Å². The molecule has 1 unspecified atom stereocenters. The van der Waals surface area contributed by atoms with Gasteiger partial charge in [-0.05, 0) is 36.8 Å². The van der Waals surface area contributed by atoms with Gasteiger partial charge in [0.05, 0.1) is 12.2 Å². The van der Waals surface area contributed by atoms with E-state index in [1.54, 1.807) is 4.90 Å². The van der Waals surface area contributed by atoms with Gasteiger partial charge in [-0.15, -0.1) is 0 Å². The number of carbonyl (C=O) groups excluding carboxylic acids is 1. The van der Waals surface area contributed by atoms with E-state index in [0.29, 0.717) is 48.6 Å². The van der Waals surface area contributed by atoms with Gasteiger partial charge < -0.3 is 14.2 Å². The van der Waals surface area contributed by atoms with Crippen LogP contribution in [0, 0.1) is 0 Å². The molecule has 4 rings (SSSR count). The molecular weight excluding hydrogens is 378 g/mol. The van der Waals surface area contributed by atoms with Gasteiger partial charge >= 0.3 is 0 Å². The van der Waals surface area contributed by atoms with Gasteiger partial charge in [-0.3, -0.25) is 4.79 Å². The first kappa shape index (κ1) is 18.5. The lowest BCUT2D eigenvalue weighted by molar-refractivity contribution is -0.128. The van der Waals surface area contributed by atoms with Crippen molar-refractivity contribution in [2.75, 3.05) is 13.2 Å². The molecule has 1 aliphatic rings. The predicted octanol–water partition coefficient (Wildman–Crippen LogP) is 4.30. The number of para-hydroxylation sites is 1. The quantitative estimate of drug-likeness (QED) is 0.620. The number of ether oxygens (including phenoxy) is 1. The summed E-state index contributed by atoms with van der Waals surface area (Å²) in [5.41, 5.74) is 1.75. The monoisotopic (exact) mass is 397 g/mol. The fraction of sp³-hybridized carbons (Fsp3) is 0.286. The molecule has 3 aromatic rings. The van der Waals surface area contributed by atoms with Gasteiger partial charge in [-0.25, -0.2) is 0 Å². The van der Waals surface area contributed by atoms with E-state index in [9.17, 15) is 4.79 Å². The van der Waals surface area contributed by atoms with Crippen molar-refractivity contribution in [3.05, 3.63) is 64.9 Å². The van der Waals surface area contributed by atoms with Crippen molar-refractivity contribution in [2.45, 2.75) is 25.8 Å². The molecule has 144 valence electrons. The summed E-state index contributed by atoms with van der Waals surface area (Å²) in [5, 5.41) is 4.79. The van der Waals surface area contributed by atoms with E-state index in [1.807, 2.05) is 55.5 Å². The summed E-state index contributed by atoms with van der Waals surface area (Å²) < 4.78 is 11.1. The van der Waals surface area contributed by atoms with Gasteiger partial charge in [0.1, 0.15) is 5.75 Å². The van der Waals surface area contributed by atoms with E-state index in [4.69, 9.17) is 20.9 Å². The number of aromatic nitrogens is 2. The highest BCUT2D eigenvalue weighted by Crippen LogP contribution is 2.32. The van der Waals surface area contributed by atoms with Crippen LogP contribution in [0.1, 0.15) is 30.7 Å². The van der Waals surface area contributed by atoms with Crippen molar-refractivity contribution in [3.63, 3.8) is 0 Å². The minimum absolute atomic E-state index is 0.0750. The van der Waals surface area contributed by atoms with E-state index in [2.05, 4.69) is 10.1 Å². The zero-order valence-electron chi connectivity index (χ0n) is 15.5. The maximum atomic E-state index is 12.5. The van der Waals surface area contributed by atoms with Crippen molar-refractivity contribution in [1.29, 1.82) is 0 Å². The summed E-state index contributed by atoms with van der Waals surface area (Å²) in [5.74, 6) is 1.63. The molecule has 0 spiro atoms. The molecule has 1 fully saturated rings. The third-order valence-electron chi connectivity index (χ3n) is 4.70. The topological polar surface area (TPSA) is 68.5 Å². The van der Waals surface area contributed by atoms with E-state index >= 15 is 0 Å². The molecule has 2 aromatic carbocycles. The number of rotatable bonds is 6. The first-order chi connectivity index (χ1) is 13.6. The van der Waals surface area contributed by atoms with Crippen LogP contribution < -0.4 is 4.74 Å². The molecule has 2 heterocycles. The Balaban J connectivity index is 1.50. The highest BCUT2D eigenvalue weighted by Gasteiger charge is 2.34. The van der Waals surface area contributed by atoms with Crippen molar-refractivity contribution >= 4 is 17.5 Å². The molecule has 0 bridgehead atoms. The van der Waals surface area contributed by atoms with E-state index < -0.39 is 0 Å². The lowest BCUT2D eigenvalue weighted by Gasteiger charge is -2.16. The second-order valence-corrected chi connectivity index (χ2v) is 7.13. The molecule has 1 aliphatic heterocycles. The normalized spacial score (nSPS) is 16.6. The van der Waals surface area contributed by atoms with Crippen LogP contribution in [0.25, 0.3) is 11.5 Å². The Kier molecular flexibility index (Phi) is 5.30. The van der Waals surface area contributed by atoms with Crippen LogP contribution >= 0.6 is 11.6 Å². The Bertz CT molecular complexity index is 988. The lowest BCUT2D eigenvalue weighted by atomic mass is 10.1. The Morgan fingerprint density at radius 2 is 2.11 bits per heavy atom. The molecule has 6 nitrogen and oxygen atoms in total. The van der Waals surface area contributed by atoms with Gasteiger partial charge in [-0.2, -0.15) is 4.98 Å². The third-order valence-corrected chi connectivity index (χ3v) is 4.94. The van der Waals surface area contributed by atoms with E-state index in [-0.39, 0.29) is 11.8 Å². The van der Waals surface area contributed by atoms with Gasteiger partial charge in [0.2, 0.25) is 5.91 Å². The molecule has 1 atom stereocenters. The number of amides is 1. The summed E-state index contributed by atoms with van der Waals surface area (Å²) in [7, 11) is 0. The summed E-state index contributed by atoms with van der Waals surface area (Å²) >= 11 is 6.04. The van der Waals surface area contributed by atoms with Crippen LogP contribution in [0.2, 0.25) is 5.02 Å². The lowest BCUT2D eigenvalue weighted by Crippen LogP contribution is -2.24. The Morgan fingerprint density at radius 3 is 2.93 bits per heavy atom. The fourth-order valence-electron chi connectivity index (χ4n) is 3.39. The summed E-state index contributed by atoms with van der Waals surface area (Å²) in [6.07, 6.45) is 0.368. The first-order valence-electron chi connectivity index (χ1n) is 9.22. The Labute approximate surface area is 168 Å². The SMILES string of the molecule is CCOc1ccccc1-c1nc(C2CC(=O)N(Cc3cccc(Cl)c3)C2)no1. The summed E-state index contributed by atoms with van der Waals surface area (Å²) in [6, 6.07) is 15.1. The van der Waals surface area contributed by atoms with Crippen LogP contribution in [-0.4, -0.2) is 34.1 Å². The Morgan fingerprint density at radius 1 is 1.25 bits per heavy atom. The second-order valence-electron chi connectivity index (χ2n) is 6.69. The number of benzene rings is 2. The van der Waals surface area contributed by atoms with Crippen molar-refractivity contribution in [1.82, 2.24) is 15.0 Å². The van der Waals surface area contributed by atoms with E-state index in [1.165, 1.54) is 0 Å². The maximum absolute atomic E-state index is 12.5. The number of nitrogens with zero attached hydrogens (tertiary/aromatic N) is 3. The minimum Gasteiger partial charge on any atom is -0.493 e. The minimum atomic E-state index is -0.0940. The van der Waals surface area contributed by atoms with Gasteiger partial charge in [-0.1, -0.05) is 41.0 Å². The van der Waals surface area contributed by atoms with E-state index in [0.717, 1.165) is 11.1 Å². The average molecular weight is 398 g/mol. The zero-order chi connectivity index (χ0) is 19.5. The van der Waals surface area contributed by atoms with Crippen LogP contribution in [0.4, 0.5) is 0 Å². The Hall–Kier alpha value is -2.86. The molecule has 28 heavy (non-hydrogen) atoms. The number of carbonyl (C=O) groups is 1. The molecule has 1 saturated heterocycles. The highest BCUT2D eigenvalue weighted by atomic mass is 35.5. The number of halogens is 1. The summed E-state index contributed by atoms with van der Waals surface area (Å²) in [6.45, 7) is 3.55. The van der Waals surface area contributed by atoms with Crippen molar-refractivity contribution < 1.29 is 14.1 Å². The van der Waals surface area contributed by atoms with Crippen LogP contribution in [0.5, 0.6) is 5.75 Å². The number of hydrogen-bond acceptors (Lipinski definition) is 5. The number of hydrogen-bond donors (Lipinski definition) is 0. The van der Waals surface area contributed by atoms with Gasteiger partial charge in [0.25, 0.3) is 5.89 Å². The number of likely N-dealkylation sites (tertiary alicyclic amines) is 1. The average Bonchev–Trinajstić information content (AvgIpc) is 3.30. The molecule has 0 radical (unpaired) electrons. The molecule has 1 aromatic heterocycles. The zero-order valence-corrected chi connectivity index (χ0v) is 16.2. The third kappa shape index (κ3) is 3.87. The molecule has 0 N–H and O–H groups in total. The van der Waals surface area contributed by atoms with Crippen molar-refractivity contribution in [2.24, 2.45) is 0 Å². The molecule has 7 heteroatoms. The van der Waals surface area contributed by atoms with Gasteiger partial charge in [0.15, 0.2) is 5.82 Å². The smallest absolute Gasteiger partial charge is 0.261 e. The molecular formula is C21H20ClN3O3. The molecule has 0 aliphatic carbocycles. The summed E-state index contributed by atoms with van der Waals surface area (Å²) in [4.78, 5) is 18.8. The molecule has 0 saturated carbocycles.